The normalized spacial score (nSPS) is 17.4. The highest BCUT2D eigenvalue weighted by Gasteiger charge is 2.47. The van der Waals surface area contributed by atoms with E-state index in [-0.39, 0.29) is 23.0 Å². The molecule has 34 heavy (non-hydrogen) atoms. The number of carbonyl (C=O) groups excluding carboxylic acids is 2. The van der Waals surface area contributed by atoms with Crippen molar-refractivity contribution >= 4 is 40.7 Å². The van der Waals surface area contributed by atoms with Crippen LogP contribution >= 0.6 is 23.2 Å². The highest BCUT2D eigenvalue weighted by atomic mass is 35.5. The maximum atomic E-state index is 14.2. The molecule has 12 heteroatoms. The number of benzene rings is 1. The van der Waals surface area contributed by atoms with E-state index in [0.29, 0.717) is 26.1 Å². The third kappa shape index (κ3) is 6.11. The zero-order valence-corrected chi connectivity index (χ0v) is 19.5. The number of hydrogen-bond acceptors (Lipinski definition) is 5. The van der Waals surface area contributed by atoms with Crippen molar-refractivity contribution in [2.45, 2.75) is 42.5 Å². The number of rotatable bonds is 8. The number of aromatic nitrogens is 1. The van der Waals surface area contributed by atoms with Crippen LogP contribution in [0.1, 0.15) is 25.3 Å². The number of nitrogens with one attached hydrogen (secondary N) is 1. The van der Waals surface area contributed by atoms with Crippen LogP contribution in [-0.2, 0) is 19.9 Å². The van der Waals surface area contributed by atoms with Crippen LogP contribution in [0.3, 0.4) is 0 Å². The van der Waals surface area contributed by atoms with Gasteiger partial charge in [-0.2, -0.15) is 0 Å². The molecule has 2 amide bonds. The molecular formula is C22H22Cl2F3N3O4. The van der Waals surface area contributed by atoms with Crippen molar-refractivity contribution in [1.29, 1.82) is 0 Å². The first-order valence-corrected chi connectivity index (χ1v) is 11.1. The van der Waals surface area contributed by atoms with Gasteiger partial charge in [0, 0.05) is 54.5 Å². The third-order valence-electron chi connectivity index (χ3n) is 5.41. The van der Waals surface area contributed by atoms with E-state index >= 15 is 0 Å². The Bertz CT molecular complexity index is 987. The molecule has 1 aromatic heterocycles. The molecule has 1 N–H and O–H groups in total. The first-order valence-electron chi connectivity index (χ1n) is 10.3. The molecule has 184 valence electrons. The summed E-state index contributed by atoms with van der Waals surface area (Å²) in [5.41, 5.74) is -7.97. The number of ether oxygens (including phenoxy) is 2. The highest BCUT2D eigenvalue weighted by Crippen LogP contribution is 2.36. The molecule has 0 unspecified atom stereocenters. The largest absolute Gasteiger partial charge is 0.487 e. The van der Waals surface area contributed by atoms with E-state index in [0.717, 1.165) is 17.0 Å². The van der Waals surface area contributed by atoms with Crippen LogP contribution in [0.15, 0.2) is 48.8 Å². The summed E-state index contributed by atoms with van der Waals surface area (Å²) in [4.78, 5) is 31.6. The van der Waals surface area contributed by atoms with Crippen molar-refractivity contribution < 1.29 is 32.2 Å². The van der Waals surface area contributed by atoms with Crippen molar-refractivity contribution in [3.8, 4) is 5.75 Å². The minimum Gasteiger partial charge on any atom is -0.420 e. The van der Waals surface area contributed by atoms with Gasteiger partial charge < -0.3 is 14.8 Å². The van der Waals surface area contributed by atoms with E-state index in [9.17, 15) is 22.8 Å². The molecule has 1 fully saturated rings. The van der Waals surface area contributed by atoms with Gasteiger partial charge in [-0.05, 0) is 50.1 Å². The maximum Gasteiger partial charge on any atom is 0.487 e. The van der Waals surface area contributed by atoms with Gasteiger partial charge in [0.05, 0.1) is 0 Å². The van der Waals surface area contributed by atoms with Crippen molar-refractivity contribution in [3.63, 3.8) is 0 Å². The maximum absolute atomic E-state index is 14.2. The van der Waals surface area contributed by atoms with Crippen LogP contribution in [0.25, 0.3) is 0 Å². The van der Waals surface area contributed by atoms with Crippen molar-refractivity contribution in [2.75, 3.05) is 18.1 Å². The van der Waals surface area contributed by atoms with Gasteiger partial charge in [-0.1, -0.05) is 17.7 Å². The first-order chi connectivity index (χ1) is 16.0. The number of amides is 2. The van der Waals surface area contributed by atoms with Gasteiger partial charge in [-0.25, -0.2) is 4.39 Å². The molecule has 3 rings (SSSR count). The van der Waals surface area contributed by atoms with Crippen LogP contribution in [-0.4, -0.2) is 47.3 Å². The molecule has 1 aliphatic heterocycles. The number of pyridine rings is 1. The van der Waals surface area contributed by atoms with E-state index in [1.165, 1.54) is 31.5 Å². The second-order valence-corrected chi connectivity index (χ2v) is 8.51. The number of hydrogen-bond donors (Lipinski definition) is 1. The summed E-state index contributed by atoms with van der Waals surface area (Å²) >= 11 is 10.3. The van der Waals surface area contributed by atoms with Crippen molar-refractivity contribution in [1.82, 2.24) is 10.3 Å². The lowest BCUT2D eigenvalue weighted by Crippen LogP contribution is -2.60. The Hall–Kier alpha value is -2.56. The molecule has 0 radical (unpaired) electrons. The Morgan fingerprint density at radius 1 is 1.24 bits per heavy atom. The van der Waals surface area contributed by atoms with Gasteiger partial charge in [0.2, 0.25) is 0 Å². The minimum absolute atomic E-state index is 0.00650. The van der Waals surface area contributed by atoms with Gasteiger partial charge in [0.25, 0.3) is 17.4 Å². The lowest BCUT2D eigenvalue weighted by molar-refractivity contribution is -0.132. The third-order valence-corrected chi connectivity index (χ3v) is 5.67. The number of carbonyl (C=O) groups is 2. The second kappa shape index (κ2) is 10.8. The molecular weight excluding hydrogens is 498 g/mol. The first kappa shape index (κ1) is 26.1. The molecule has 1 aromatic carbocycles. The van der Waals surface area contributed by atoms with Crippen LogP contribution in [0.5, 0.6) is 5.75 Å². The average Bonchev–Trinajstić information content (AvgIpc) is 2.80. The molecule has 0 bridgehead atoms. The summed E-state index contributed by atoms with van der Waals surface area (Å²) in [5, 5.41) is 2.90. The van der Waals surface area contributed by atoms with E-state index in [4.69, 9.17) is 27.9 Å². The number of anilines is 1. The number of alkyl halides is 5. The Balaban J connectivity index is 2.07. The summed E-state index contributed by atoms with van der Waals surface area (Å²) < 4.78 is 49.7. The zero-order valence-electron chi connectivity index (χ0n) is 18.0. The molecule has 1 aliphatic rings. The smallest absolute Gasteiger partial charge is 0.420 e. The number of halogens is 5. The fraction of sp³-hybridized carbons (Fsp3) is 0.409. The summed E-state index contributed by atoms with van der Waals surface area (Å²) in [7, 11) is 0. The van der Waals surface area contributed by atoms with E-state index in [2.05, 4.69) is 15.0 Å². The molecule has 0 aliphatic carbocycles. The number of nitrogens with zero attached hydrogens (tertiary/aromatic N) is 2. The van der Waals surface area contributed by atoms with E-state index < -0.39 is 28.6 Å². The second-order valence-electron chi connectivity index (χ2n) is 7.69. The standard InChI is InChI=1S/C22H22Cl2F3N3O4/c1-21(14-3-2-10-28-13-14,20(32)29-15-8-11-33-12-9-15)30(19(31)18(23)25)16-4-6-17(7-5-16)34-22(24,26)27/h2-7,10,13,15,18H,8-9,11-12H2,1H3,(H,29,32)/t18-,21+/m0/s1. The van der Waals surface area contributed by atoms with Crippen molar-refractivity contribution in [2.24, 2.45) is 0 Å². The Labute approximate surface area is 204 Å². The highest BCUT2D eigenvalue weighted by molar-refractivity contribution is 6.32. The van der Waals surface area contributed by atoms with Gasteiger partial charge >= 0.3 is 5.57 Å². The zero-order chi connectivity index (χ0) is 24.9. The quantitative estimate of drug-likeness (QED) is 0.525. The summed E-state index contributed by atoms with van der Waals surface area (Å²) in [6.07, 6.45) is 3.96. The molecule has 7 nitrogen and oxygen atoms in total. The van der Waals surface area contributed by atoms with Gasteiger partial charge in [0.1, 0.15) is 5.75 Å². The van der Waals surface area contributed by atoms with Crippen LogP contribution in [0.4, 0.5) is 18.9 Å². The van der Waals surface area contributed by atoms with E-state index in [1.54, 1.807) is 12.1 Å². The van der Waals surface area contributed by atoms with Crippen LogP contribution in [0, 0.1) is 0 Å². The van der Waals surface area contributed by atoms with Gasteiger partial charge in [-0.15, -0.1) is 8.78 Å². The summed E-state index contributed by atoms with van der Waals surface area (Å²) in [6.45, 7) is 2.34. The van der Waals surface area contributed by atoms with Crippen LogP contribution in [0.2, 0.25) is 0 Å². The monoisotopic (exact) mass is 519 g/mol. The van der Waals surface area contributed by atoms with Crippen LogP contribution < -0.4 is 15.0 Å². The Morgan fingerprint density at radius 3 is 2.41 bits per heavy atom. The Morgan fingerprint density at radius 2 is 1.88 bits per heavy atom. The van der Waals surface area contributed by atoms with Crippen molar-refractivity contribution in [3.05, 3.63) is 54.4 Å². The minimum atomic E-state index is -3.95. The summed E-state index contributed by atoms with van der Waals surface area (Å²) in [5.74, 6) is -2.15. The fourth-order valence-corrected chi connectivity index (χ4v) is 3.87. The Kier molecular flexibility index (Phi) is 8.27. The topological polar surface area (TPSA) is 80.8 Å². The molecule has 1 saturated heterocycles. The molecule has 0 spiro atoms. The predicted molar refractivity (Wildman–Crippen MR) is 120 cm³/mol. The molecule has 2 atom stereocenters. The fourth-order valence-electron chi connectivity index (χ4n) is 3.68. The lowest BCUT2D eigenvalue weighted by Gasteiger charge is -2.41. The predicted octanol–water partition coefficient (Wildman–Crippen LogP) is 4.33. The van der Waals surface area contributed by atoms with E-state index in [1.807, 2.05) is 0 Å². The average molecular weight is 520 g/mol. The SMILES string of the molecule is C[C@](C(=O)NC1CCOCC1)(c1cccnc1)N(C(=O)[C@H](F)Cl)c1ccc(OC(F)(F)Cl)cc1. The van der Waals surface area contributed by atoms with Gasteiger partial charge in [0.15, 0.2) is 5.54 Å². The molecule has 2 aromatic rings. The molecule has 2 heterocycles. The lowest BCUT2D eigenvalue weighted by atomic mass is 9.88. The summed E-state index contributed by atoms with van der Waals surface area (Å²) in [6, 6.07) is 7.53. The van der Waals surface area contributed by atoms with Gasteiger partial charge in [-0.3, -0.25) is 19.5 Å². The molecule has 0 saturated carbocycles.